The summed E-state index contributed by atoms with van der Waals surface area (Å²) in [7, 11) is 0. The van der Waals surface area contributed by atoms with Crippen LogP contribution < -0.4 is 5.43 Å². The van der Waals surface area contributed by atoms with Crippen molar-refractivity contribution in [2.45, 2.75) is 122 Å². The lowest BCUT2D eigenvalue weighted by Gasteiger charge is -2.43. The Kier molecular flexibility index (Phi) is 8.10. The standard InChI is InChI=1S/C19H38N2/c1-3-5-12-17(4-2)20-21(18-13-8-6-9-14-18)19-15-10-7-11-16-19/h17-20H,3-16H2,1-2H3. The molecule has 0 saturated heterocycles. The lowest BCUT2D eigenvalue weighted by Crippen LogP contribution is -2.56. The number of rotatable bonds is 8. The smallest absolute Gasteiger partial charge is 0.0246 e. The average molecular weight is 295 g/mol. The maximum Gasteiger partial charge on any atom is 0.0246 e. The van der Waals surface area contributed by atoms with E-state index in [9.17, 15) is 0 Å². The quantitative estimate of drug-likeness (QED) is 0.601. The molecule has 2 heteroatoms. The van der Waals surface area contributed by atoms with Crippen molar-refractivity contribution in [1.29, 1.82) is 0 Å². The Morgan fingerprint density at radius 3 is 1.81 bits per heavy atom. The first kappa shape index (κ1) is 17.3. The van der Waals surface area contributed by atoms with Crippen LogP contribution >= 0.6 is 0 Å². The molecule has 0 spiro atoms. The SMILES string of the molecule is CCCCC(CC)NN(C1CCCCC1)C1CCCCC1. The van der Waals surface area contributed by atoms with E-state index in [0.29, 0.717) is 6.04 Å². The van der Waals surface area contributed by atoms with Crippen LogP contribution in [-0.4, -0.2) is 23.1 Å². The third-order valence-corrected chi connectivity index (χ3v) is 5.67. The van der Waals surface area contributed by atoms with E-state index in [1.165, 1.54) is 89.9 Å². The van der Waals surface area contributed by atoms with Crippen LogP contribution in [0.5, 0.6) is 0 Å². The predicted molar refractivity (Wildman–Crippen MR) is 92.3 cm³/mol. The summed E-state index contributed by atoms with van der Waals surface area (Å²) >= 11 is 0. The van der Waals surface area contributed by atoms with E-state index in [4.69, 9.17) is 0 Å². The number of nitrogens with one attached hydrogen (secondary N) is 1. The minimum atomic E-state index is 0.703. The Bertz CT molecular complexity index is 236. The topological polar surface area (TPSA) is 15.3 Å². The van der Waals surface area contributed by atoms with Crippen LogP contribution in [0.3, 0.4) is 0 Å². The molecule has 1 N–H and O–H groups in total. The molecule has 2 aliphatic rings. The molecule has 2 saturated carbocycles. The lowest BCUT2D eigenvalue weighted by molar-refractivity contribution is 0.0118. The second-order valence-electron chi connectivity index (χ2n) is 7.37. The summed E-state index contributed by atoms with van der Waals surface area (Å²) in [6, 6.07) is 2.34. The van der Waals surface area contributed by atoms with Crippen molar-refractivity contribution in [1.82, 2.24) is 10.4 Å². The van der Waals surface area contributed by atoms with Gasteiger partial charge in [-0.1, -0.05) is 65.2 Å². The van der Waals surface area contributed by atoms with Crippen molar-refractivity contribution in [2.24, 2.45) is 0 Å². The van der Waals surface area contributed by atoms with Crippen LogP contribution in [0.25, 0.3) is 0 Å². The van der Waals surface area contributed by atoms with Crippen molar-refractivity contribution < 1.29 is 0 Å². The molecule has 0 amide bonds. The van der Waals surface area contributed by atoms with Gasteiger partial charge in [-0.05, 0) is 38.5 Å². The highest BCUT2D eigenvalue weighted by Gasteiger charge is 2.29. The van der Waals surface area contributed by atoms with E-state index in [-0.39, 0.29) is 0 Å². The minimum Gasteiger partial charge on any atom is -0.252 e. The summed E-state index contributed by atoms with van der Waals surface area (Å²) in [5.74, 6) is 0. The van der Waals surface area contributed by atoms with Crippen LogP contribution in [0.15, 0.2) is 0 Å². The molecule has 1 unspecified atom stereocenters. The van der Waals surface area contributed by atoms with Crippen LogP contribution in [0.4, 0.5) is 0 Å². The lowest BCUT2D eigenvalue weighted by atomic mass is 9.90. The summed E-state index contributed by atoms with van der Waals surface area (Å²) < 4.78 is 0. The fourth-order valence-electron chi connectivity index (χ4n) is 4.25. The van der Waals surface area contributed by atoms with Gasteiger partial charge in [0.15, 0.2) is 0 Å². The highest BCUT2D eigenvalue weighted by molar-refractivity contribution is 4.83. The highest BCUT2D eigenvalue weighted by atomic mass is 15.5. The Balaban J connectivity index is 1.95. The van der Waals surface area contributed by atoms with Crippen molar-refractivity contribution in [3.05, 3.63) is 0 Å². The normalized spacial score (nSPS) is 23.6. The minimum absolute atomic E-state index is 0.703. The zero-order valence-corrected chi connectivity index (χ0v) is 14.6. The number of hydrazine groups is 1. The summed E-state index contributed by atoms with van der Waals surface area (Å²) in [6.45, 7) is 4.67. The third kappa shape index (κ3) is 5.56. The van der Waals surface area contributed by atoms with E-state index in [1.54, 1.807) is 0 Å². The monoisotopic (exact) mass is 294 g/mol. The van der Waals surface area contributed by atoms with E-state index in [0.717, 1.165) is 12.1 Å². The molecule has 2 rings (SSSR count). The second kappa shape index (κ2) is 9.84. The Hall–Kier alpha value is -0.0800. The summed E-state index contributed by atoms with van der Waals surface area (Å²) in [6.07, 6.45) is 19.7. The average Bonchev–Trinajstić information content (AvgIpc) is 2.57. The fraction of sp³-hybridized carbons (Fsp3) is 1.00. The molecule has 21 heavy (non-hydrogen) atoms. The van der Waals surface area contributed by atoms with Gasteiger partial charge in [-0.3, -0.25) is 5.43 Å². The molecule has 0 heterocycles. The molecule has 0 aromatic carbocycles. The summed E-state index contributed by atoms with van der Waals surface area (Å²) in [5, 5.41) is 2.77. The molecule has 0 radical (unpaired) electrons. The Morgan fingerprint density at radius 2 is 1.38 bits per heavy atom. The first-order valence-electron chi connectivity index (χ1n) is 9.89. The van der Waals surface area contributed by atoms with Gasteiger partial charge in [-0.15, -0.1) is 0 Å². The molecule has 2 nitrogen and oxygen atoms in total. The molecule has 0 aliphatic heterocycles. The zero-order chi connectivity index (χ0) is 14.9. The zero-order valence-electron chi connectivity index (χ0n) is 14.6. The van der Waals surface area contributed by atoms with Gasteiger partial charge < -0.3 is 0 Å². The second-order valence-corrected chi connectivity index (χ2v) is 7.37. The van der Waals surface area contributed by atoms with Crippen molar-refractivity contribution in [3.8, 4) is 0 Å². The van der Waals surface area contributed by atoms with Crippen molar-refractivity contribution in [3.63, 3.8) is 0 Å². The maximum atomic E-state index is 4.01. The van der Waals surface area contributed by atoms with E-state index >= 15 is 0 Å². The van der Waals surface area contributed by atoms with E-state index in [2.05, 4.69) is 24.3 Å². The van der Waals surface area contributed by atoms with E-state index < -0.39 is 0 Å². The predicted octanol–water partition coefficient (Wildman–Crippen LogP) is 5.43. The summed E-state index contributed by atoms with van der Waals surface area (Å²) in [5.41, 5.74) is 4.01. The fourth-order valence-corrected chi connectivity index (χ4v) is 4.25. The third-order valence-electron chi connectivity index (χ3n) is 5.67. The highest BCUT2D eigenvalue weighted by Crippen LogP contribution is 2.29. The van der Waals surface area contributed by atoms with Gasteiger partial charge in [0.2, 0.25) is 0 Å². The largest absolute Gasteiger partial charge is 0.252 e. The van der Waals surface area contributed by atoms with Crippen LogP contribution in [0.2, 0.25) is 0 Å². The van der Waals surface area contributed by atoms with Crippen LogP contribution in [0, 0.1) is 0 Å². The van der Waals surface area contributed by atoms with Crippen molar-refractivity contribution in [2.75, 3.05) is 0 Å². The van der Waals surface area contributed by atoms with Crippen LogP contribution in [0.1, 0.15) is 104 Å². The van der Waals surface area contributed by atoms with Gasteiger partial charge in [0.05, 0.1) is 0 Å². The Labute approximate surface area is 133 Å². The van der Waals surface area contributed by atoms with Crippen molar-refractivity contribution >= 4 is 0 Å². The number of hydrogen-bond acceptors (Lipinski definition) is 2. The van der Waals surface area contributed by atoms with Gasteiger partial charge in [-0.25, -0.2) is 5.01 Å². The number of nitrogens with zero attached hydrogens (tertiary/aromatic N) is 1. The molecule has 1 atom stereocenters. The molecule has 0 bridgehead atoms. The van der Waals surface area contributed by atoms with Gasteiger partial charge >= 0.3 is 0 Å². The van der Waals surface area contributed by atoms with Gasteiger partial charge in [0.1, 0.15) is 0 Å². The van der Waals surface area contributed by atoms with Gasteiger partial charge in [0.25, 0.3) is 0 Å². The number of hydrogen-bond donors (Lipinski definition) is 1. The summed E-state index contributed by atoms with van der Waals surface area (Å²) in [4.78, 5) is 0. The van der Waals surface area contributed by atoms with Crippen LogP contribution in [-0.2, 0) is 0 Å². The Morgan fingerprint density at radius 1 is 0.857 bits per heavy atom. The van der Waals surface area contributed by atoms with Gasteiger partial charge in [-0.2, -0.15) is 0 Å². The molecule has 0 aromatic heterocycles. The van der Waals surface area contributed by atoms with E-state index in [1.807, 2.05) is 0 Å². The first-order valence-corrected chi connectivity index (χ1v) is 9.89. The molecule has 0 aromatic rings. The number of unbranched alkanes of at least 4 members (excludes halogenated alkanes) is 1. The van der Waals surface area contributed by atoms with Gasteiger partial charge in [0, 0.05) is 18.1 Å². The molecule has 2 aliphatic carbocycles. The molecular formula is C19H38N2. The maximum absolute atomic E-state index is 4.01. The molecule has 2 fully saturated rings. The molecule has 124 valence electrons. The first-order chi connectivity index (χ1) is 10.3. The molecular weight excluding hydrogens is 256 g/mol.